The first kappa shape index (κ1) is 15.2. The van der Waals surface area contributed by atoms with Crippen molar-refractivity contribution in [1.29, 1.82) is 0 Å². The van der Waals surface area contributed by atoms with Gasteiger partial charge in [0.05, 0.1) is 17.1 Å². The van der Waals surface area contributed by atoms with Gasteiger partial charge in [-0.25, -0.2) is 4.98 Å². The fourth-order valence-corrected chi connectivity index (χ4v) is 3.65. The topological polar surface area (TPSA) is 42.0 Å². The predicted octanol–water partition coefficient (Wildman–Crippen LogP) is 3.44. The van der Waals surface area contributed by atoms with E-state index in [1.54, 1.807) is 11.3 Å². The molecule has 0 fully saturated rings. The number of aromatic nitrogens is 1. The Morgan fingerprint density at radius 3 is 2.82 bits per heavy atom. The van der Waals surface area contributed by atoms with E-state index in [9.17, 15) is 4.79 Å². The molecule has 1 unspecified atom stereocenters. The third-order valence-electron chi connectivity index (χ3n) is 4.04. The van der Waals surface area contributed by atoms with Crippen molar-refractivity contribution in [2.75, 3.05) is 6.54 Å². The molecule has 0 saturated heterocycles. The monoisotopic (exact) mass is 314 g/mol. The molecule has 4 heteroatoms. The number of amides is 1. The molecular weight excluding hydrogens is 292 g/mol. The zero-order valence-electron chi connectivity index (χ0n) is 13.3. The molecule has 1 heterocycles. The Balaban J connectivity index is 1.51. The van der Waals surface area contributed by atoms with Gasteiger partial charge in [-0.2, -0.15) is 0 Å². The molecule has 1 aromatic heterocycles. The molecule has 1 aromatic carbocycles. The Kier molecular flexibility index (Phi) is 4.04. The molecule has 1 aliphatic carbocycles. The van der Waals surface area contributed by atoms with Crippen molar-refractivity contribution in [3.05, 3.63) is 51.5 Å². The standard InChI is InChI=1S/C18H22N2OS/c1-18(2,3)17-20-14(11-22-17)9-16(21)19-10-13-8-12-6-4-5-7-15(12)13/h4-7,11,13H,8-10H2,1-3H3,(H,19,21). The molecule has 0 radical (unpaired) electrons. The highest BCUT2D eigenvalue weighted by Gasteiger charge is 2.25. The lowest BCUT2D eigenvalue weighted by Crippen LogP contribution is -2.34. The summed E-state index contributed by atoms with van der Waals surface area (Å²) in [5.74, 6) is 0.538. The first-order chi connectivity index (χ1) is 10.4. The van der Waals surface area contributed by atoms with Crippen LogP contribution in [0.1, 0.15) is 48.5 Å². The molecule has 0 spiro atoms. The van der Waals surface area contributed by atoms with Crippen LogP contribution in [0.5, 0.6) is 0 Å². The quantitative estimate of drug-likeness (QED) is 0.939. The number of rotatable bonds is 4. The van der Waals surface area contributed by atoms with E-state index in [1.807, 2.05) is 5.38 Å². The largest absolute Gasteiger partial charge is 0.355 e. The number of carbonyl (C=O) groups excluding carboxylic acids is 1. The molecule has 116 valence electrons. The van der Waals surface area contributed by atoms with Crippen LogP contribution in [0.15, 0.2) is 29.6 Å². The van der Waals surface area contributed by atoms with Gasteiger partial charge in [-0.1, -0.05) is 45.0 Å². The van der Waals surface area contributed by atoms with Crippen molar-refractivity contribution in [2.45, 2.75) is 44.9 Å². The first-order valence-corrected chi connectivity index (χ1v) is 8.61. The zero-order chi connectivity index (χ0) is 15.7. The van der Waals surface area contributed by atoms with E-state index in [1.165, 1.54) is 11.1 Å². The average Bonchev–Trinajstić information content (AvgIpc) is 2.88. The van der Waals surface area contributed by atoms with Gasteiger partial charge in [0.25, 0.3) is 0 Å². The smallest absolute Gasteiger partial charge is 0.226 e. The lowest BCUT2D eigenvalue weighted by molar-refractivity contribution is -0.120. The number of benzene rings is 1. The van der Waals surface area contributed by atoms with E-state index in [0.29, 0.717) is 12.3 Å². The van der Waals surface area contributed by atoms with Crippen LogP contribution >= 0.6 is 11.3 Å². The predicted molar refractivity (Wildman–Crippen MR) is 90.4 cm³/mol. The molecule has 3 rings (SSSR count). The summed E-state index contributed by atoms with van der Waals surface area (Å²) in [6, 6.07) is 8.46. The summed E-state index contributed by atoms with van der Waals surface area (Å²) >= 11 is 1.64. The highest BCUT2D eigenvalue weighted by molar-refractivity contribution is 7.09. The van der Waals surface area contributed by atoms with Crippen LogP contribution in [0.4, 0.5) is 0 Å². The number of nitrogens with one attached hydrogen (secondary N) is 1. The minimum atomic E-state index is 0.0506. The Morgan fingerprint density at radius 1 is 1.36 bits per heavy atom. The number of carbonyl (C=O) groups is 1. The number of hydrogen-bond acceptors (Lipinski definition) is 3. The lowest BCUT2D eigenvalue weighted by atomic mass is 9.77. The third-order valence-corrected chi connectivity index (χ3v) is 5.36. The van der Waals surface area contributed by atoms with Crippen LogP contribution in [-0.2, 0) is 23.1 Å². The maximum absolute atomic E-state index is 12.1. The number of nitrogens with zero attached hydrogens (tertiary/aromatic N) is 1. The molecule has 1 aliphatic rings. The molecule has 0 bridgehead atoms. The summed E-state index contributed by atoms with van der Waals surface area (Å²) in [6.45, 7) is 7.16. The van der Waals surface area contributed by atoms with Crippen LogP contribution in [0.3, 0.4) is 0 Å². The molecule has 0 saturated carbocycles. The van der Waals surface area contributed by atoms with Crippen molar-refractivity contribution in [1.82, 2.24) is 10.3 Å². The second kappa shape index (κ2) is 5.84. The van der Waals surface area contributed by atoms with Crippen molar-refractivity contribution in [3.63, 3.8) is 0 Å². The number of fused-ring (bicyclic) bond motifs is 1. The van der Waals surface area contributed by atoms with Gasteiger partial charge in [-0.05, 0) is 17.5 Å². The van der Waals surface area contributed by atoms with Crippen molar-refractivity contribution in [3.8, 4) is 0 Å². The lowest BCUT2D eigenvalue weighted by Gasteiger charge is -2.30. The van der Waals surface area contributed by atoms with E-state index in [2.05, 4.69) is 55.3 Å². The maximum Gasteiger partial charge on any atom is 0.226 e. The minimum absolute atomic E-state index is 0.0506. The molecule has 3 nitrogen and oxygen atoms in total. The molecule has 1 amide bonds. The summed E-state index contributed by atoms with van der Waals surface area (Å²) in [5.41, 5.74) is 3.72. The summed E-state index contributed by atoms with van der Waals surface area (Å²) in [6.07, 6.45) is 1.45. The maximum atomic E-state index is 12.1. The minimum Gasteiger partial charge on any atom is -0.355 e. The second-order valence-electron chi connectivity index (χ2n) is 6.97. The summed E-state index contributed by atoms with van der Waals surface area (Å²) in [4.78, 5) is 16.7. The van der Waals surface area contributed by atoms with Gasteiger partial charge >= 0.3 is 0 Å². The van der Waals surface area contributed by atoms with E-state index in [4.69, 9.17) is 0 Å². The zero-order valence-corrected chi connectivity index (χ0v) is 14.2. The van der Waals surface area contributed by atoms with E-state index < -0.39 is 0 Å². The Morgan fingerprint density at radius 2 is 2.14 bits per heavy atom. The summed E-state index contributed by atoms with van der Waals surface area (Å²) < 4.78 is 0. The highest BCUT2D eigenvalue weighted by atomic mass is 32.1. The molecule has 1 atom stereocenters. The van der Waals surface area contributed by atoms with Crippen LogP contribution < -0.4 is 5.32 Å². The molecule has 2 aromatic rings. The van der Waals surface area contributed by atoms with Crippen LogP contribution in [0.25, 0.3) is 0 Å². The normalized spacial score (nSPS) is 16.8. The van der Waals surface area contributed by atoms with Crippen molar-refractivity contribution < 1.29 is 4.79 Å². The highest BCUT2D eigenvalue weighted by Crippen LogP contribution is 2.34. The fourth-order valence-electron chi connectivity index (χ4n) is 2.74. The van der Waals surface area contributed by atoms with Gasteiger partial charge in [0, 0.05) is 23.3 Å². The molecular formula is C18H22N2OS. The summed E-state index contributed by atoms with van der Waals surface area (Å²) in [5, 5.41) is 6.13. The molecule has 0 aliphatic heterocycles. The molecule has 22 heavy (non-hydrogen) atoms. The van der Waals surface area contributed by atoms with Gasteiger partial charge in [-0.15, -0.1) is 11.3 Å². The number of thiazole rings is 1. The van der Waals surface area contributed by atoms with E-state index in [-0.39, 0.29) is 11.3 Å². The van der Waals surface area contributed by atoms with Crippen LogP contribution in [0.2, 0.25) is 0 Å². The fraction of sp³-hybridized carbons (Fsp3) is 0.444. The van der Waals surface area contributed by atoms with Crippen LogP contribution in [-0.4, -0.2) is 17.4 Å². The average molecular weight is 314 g/mol. The van der Waals surface area contributed by atoms with Gasteiger partial charge in [-0.3, -0.25) is 4.79 Å². The Labute approximate surface area is 135 Å². The SMILES string of the molecule is CC(C)(C)c1nc(CC(=O)NCC2Cc3ccccc32)cs1. The molecule has 1 N–H and O–H groups in total. The number of hydrogen-bond donors (Lipinski definition) is 1. The Bertz CT molecular complexity index is 684. The van der Waals surface area contributed by atoms with Gasteiger partial charge in [0.2, 0.25) is 5.91 Å². The Hall–Kier alpha value is -1.68. The van der Waals surface area contributed by atoms with Gasteiger partial charge < -0.3 is 5.32 Å². The summed E-state index contributed by atoms with van der Waals surface area (Å²) in [7, 11) is 0. The van der Waals surface area contributed by atoms with Gasteiger partial charge in [0.15, 0.2) is 0 Å². The van der Waals surface area contributed by atoms with Gasteiger partial charge in [0.1, 0.15) is 0 Å². The van der Waals surface area contributed by atoms with Crippen LogP contribution in [0, 0.1) is 0 Å². The third kappa shape index (κ3) is 3.22. The van der Waals surface area contributed by atoms with E-state index in [0.717, 1.165) is 23.7 Å². The second-order valence-corrected chi connectivity index (χ2v) is 7.83. The van der Waals surface area contributed by atoms with E-state index >= 15 is 0 Å². The van der Waals surface area contributed by atoms with Crippen molar-refractivity contribution in [2.24, 2.45) is 0 Å². The van der Waals surface area contributed by atoms with Crippen molar-refractivity contribution >= 4 is 17.2 Å². The first-order valence-electron chi connectivity index (χ1n) is 7.73.